The van der Waals surface area contributed by atoms with Crippen LogP contribution >= 0.6 is 11.8 Å². The Balaban J connectivity index is 1.63. The number of para-hydroxylation sites is 2. The van der Waals surface area contributed by atoms with Crippen molar-refractivity contribution in [2.75, 3.05) is 23.9 Å². The minimum Gasteiger partial charge on any atom is -0.397 e. The predicted molar refractivity (Wildman–Crippen MR) is 109 cm³/mol. The second kappa shape index (κ2) is 10.5. The van der Waals surface area contributed by atoms with E-state index in [-0.39, 0.29) is 11.8 Å². The quantitative estimate of drug-likeness (QED) is 0.354. The van der Waals surface area contributed by atoms with Crippen LogP contribution in [0.15, 0.2) is 53.4 Å². The summed E-state index contributed by atoms with van der Waals surface area (Å²) in [4.78, 5) is 24.7. The van der Waals surface area contributed by atoms with E-state index in [0.717, 1.165) is 29.9 Å². The molecule has 138 valence electrons. The molecule has 0 aliphatic rings. The van der Waals surface area contributed by atoms with Crippen LogP contribution in [0.5, 0.6) is 0 Å². The fourth-order valence-corrected chi connectivity index (χ4v) is 3.42. The first-order chi connectivity index (χ1) is 12.6. The molecule has 0 aliphatic carbocycles. The molecule has 5 nitrogen and oxygen atoms in total. The topological polar surface area (TPSA) is 84.2 Å². The van der Waals surface area contributed by atoms with Gasteiger partial charge in [-0.1, -0.05) is 24.6 Å². The second-order valence-electron chi connectivity index (χ2n) is 5.90. The number of nitrogens with one attached hydrogen (secondary N) is 2. The van der Waals surface area contributed by atoms with Crippen LogP contribution in [-0.4, -0.2) is 24.6 Å². The molecule has 6 heteroatoms. The third-order valence-corrected chi connectivity index (χ3v) is 4.96. The molecule has 0 saturated heterocycles. The van der Waals surface area contributed by atoms with E-state index < -0.39 is 0 Å². The Morgan fingerprint density at radius 1 is 1.04 bits per heavy atom. The van der Waals surface area contributed by atoms with Gasteiger partial charge in [-0.25, -0.2) is 0 Å². The Morgan fingerprint density at radius 3 is 2.62 bits per heavy atom. The van der Waals surface area contributed by atoms with Crippen LogP contribution in [0.3, 0.4) is 0 Å². The van der Waals surface area contributed by atoms with E-state index in [0.29, 0.717) is 23.4 Å². The highest BCUT2D eigenvalue weighted by molar-refractivity contribution is 7.99. The molecule has 0 unspecified atom stereocenters. The molecule has 0 spiro atoms. The average Bonchev–Trinajstić information content (AvgIpc) is 2.66. The van der Waals surface area contributed by atoms with Gasteiger partial charge in [0, 0.05) is 23.9 Å². The molecular weight excluding hydrogens is 346 g/mol. The number of carbonyl (C=O) groups excluding carboxylic acids is 2. The van der Waals surface area contributed by atoms with Crippen LogP contribution in [0.4, 0.5) is 11.4 Å². The van der Waals surface area contributed by atoms with Crippen LogP contribution in [0.2, 0.25) is 0 Å². The third kappa shape index (κ3) is 6.44. The van der Waals surface area contributed by atoms with Crippen molar-refractivity contribution >= 4 is 35.0 Å². The van der Waals surface area contributed by atoms with E-state index in [1.807, 2.05) is 30.3 Å². The van der Waals surface area contributed by atoms with Crippen molar-refractivity contribution in [2.45, 2.75) is 30.6 Å². The molecule has 0 bridgehead atoms. The molecule has 0 fully saturated rings. The lowest BCUT2D eigenvalue weighted by Gasteiger charge is -2.08. The van der Waals surface area contributed by atoms with E-state index in [1.165, 1.54) is 0 Å². The van der Waals surface area contributed by atoms with Gasteiger partial charge in [0.05, 0.1) is 11.4 Å². The Labute approximate surface area is 158 Å². The molecule has 2 amide bonds. The minimum absolute atomic E-state index is 0.00571. The van der Waals surface area contributed by atoms with Gasteiger partial charge in [0.2, 0.25) is 5.91 Å². The lowest BCUT2D eigenvalue weighted by atomic mass is 10.2. The van der Waals surface area contributed by atoms with Gasteiger partial charge in [-0.2, -0.15) is 0 Å². The summed E-state index contributed by atoms with van der Waals surface area (Å²) in [6.45, 7) is 0. The molecule has 0 heterocycles. The number of amides is 2. The number of hydrogen-bond acceptors (Lipinski definition) is 4. The molecule has 0 radical (unpaired) electrons. The zero-order valence-electron chi connectivity index (χ0n) is 15.0. The van der Waals surface area contributed by atoms with E-state index in [2.05, 4.69) is 10.6 Å². The number of rotatable bonds is 9. The fourth-order valence-electron chi connectivity index (χ4n) is 2.45. The number of nitrogens with two attached hydrogens (primary N) is 1. The maximum atomic E-state index is 11.9. The summed E-state index contributed by atoms with van der Waals surface area (Å²) in [6.07, 6.45) is 3.35. The van der Waals surface area contributed by atoms with Crippen molar-refractivity contribution in [3.8, 4) is 0 Å². The van der Waals surface area contributed by atoms with E-state index in [9.17, 15) is 9.59 Å². The third-order valence-electron chi connectivity index (χ3n) is 3.88. The van der Waals surface area contributed by atoms with Gasteiger partial charge >= 0.3 is 0 Å². The summed E-state index contributed by atoms with van der Waals surface area (Å²) in [6, 6.07) is 14.9. The maximum Gasteiger partial charge on any atom is 0.251 e. The highest BCUT2D eigenvalue weighted by Gasteiger charge is 2.05. The first kappa shape index (κ1) is 19.8. The Morgan fingerprint density at radius 2 is 1.85 bits per heavy atom. The fraction of sp³-hybridized carbons (Fsp3) is 0.300. The zero-order chi connectivity index (χ0) is 18.8. The minimum atomic E-state index is -0.0717. The summed E-state index contributed by atoms with van der Waals surface area (Å²) >= 11 is 1.73. The summed E-state index contributed by atoms with van der Waals surface area (Å²) in [7, 11) is 1.63. The van der Waals surface area contributed by atoms with E-state index in [1.54, 1.807) is 37.0 Å². The Bertz CT molecular complexity index is 749. The van der Waals surface area contributed by atoms with Crippen molar-refractivity contribution in [3.63, 3.8) is 0 Å². The van der Waals surface area contributed by atoms with Crippen molar-refractivity contribution in [1.82, 2.24) is 5.32 Å². The lowest BCUT2D eigenvalue weighted by Crippen LogP contribution is -2.17. The number of thioether (sulfide) groups is 1. The molecule has 26 heavy (non-hydrogen) atoms. The Hall–Kier alpha value is -2.47. The monoisotopic (exact) mass is 371 g/mol. The number of anilines is 2. The molecule has 2 aromatic rings. The van der Waals surface area contributed by atoms with Crippen molar-refractivity contribution < 1.29 is 9.59 Å². The first-order valence-electron chi connectivity index (χ1n) is 8.69. The lowest BCUT2D eigenvalue weighted by molar-refractivity contribution is -0.116. The van der Waals surface area contributed by atoms with Gasteiger partial charge < -0.3 is 16.4 Å². The number of unbranched alkanes of at least 4 members (excludes halogenated alkanes) is 2. The van der Waals surface area contributed by atoms with Crippen LogP contribution in [0.1, 0.15) is 36.0 Å². The number of benzene rings is 2. The van der Waals surface area contributed by atoms with Crippen LogP contribution in [0, 0.1) is 0 Å². The first-order valence-corrected chi connectivity index (χ1v) is 9.68. The molecule has 0 aliphatic heterocycles. The number of hydrogen-bond donors (Lipinski definition) is 3. The van der Waals surface area contributed by atoms with Gasteiger partial charge in [-0.3, -0.25) is 9.59 Å². The average molecular weight is 372 g/mol. The van der Waals surface area contributed by atoms with Crippen LogP contribution < -0.4 is 16.4 Å². The number of nitrogen functional groups attached to an aromatic ring is 1. The molecule has 0 atom stereocenters. The van der Waals surface area contributed by atoms with Crippen molar-refractivity contribution in [2.24, 2.45) is 0 Å². The van der Waals surface area contributed by atoms with Gasteiger partial charge in [-0.15, -0.1) is 11.8 Å². The van der Waals surface area contributed by atoms with Crippen LogP contribution in [0.25, 0.3) is 0 Å². The molecule has 2 aromatic carbocycles. The van der Waals surface area contributed by atoms with Crippen molar-refractivity contribution in [1.29, 1.82) is 0 Å². The summed E-state index contributed by atoms with van der Waals surface area (Å²) < 4.78 is 0. The zero-order valence-corrected chi connectivity index (χ0v) is 15.8. The summed E-state index contributed by atoms with van der Waals surface area (Å²) in [5.41, 5.74) is 7.74. The Kier molecular flexibility index (Phi) is 8.02. The number of carbonyl (C=O) groups is 2. The molecule has 2 rings (SSSR count). The highest BCUT2D eigenvalue weighted by atomic mass is 32.2. The van der Waals surface area contributed by atoms with Gasteiger partial charge in [0.1, 0.15) is 0 Å². The van der Waals surface area contributed by atoms with E-state index in [4.69, 9.17) is 5.73 Å². The van der Waals surface area contributed by atoms with Crippen molar-refractivity contribution in [3.05, 3.63) is 54.1 Å². The SMILES string of the molecule is CNC(=O)c1cccc(SCCCCCC(=O)Nc2ccccc2N)c1. The highest BCUT2D eigenvalue weighted by Crippen LogP contribution is 2.21. The molecule has 0 saturated carbocycles. The predicted octanol–water partition coefficient (Wildman–Crippen LogP) is 3.92. The second-order valence-corrected chi connectivity index (χ2v) is 7.07. The smallest absolute Gasteiger partial charge is 0.251 e. The van der Waals surface area contributed by atoms with Gasteiger partial charge in [-0.05, 0) is 48.9 Å². The van der Waals surface area contributed by atoms with Crippen LogP contribution in [-0.2, 0) is 4.79 Å². The normalized spacial score (nSPS) is 10.3. The van der Waals surface area contributed by atoms with Gasteiger partial charge in [0.15, 0.2) is 0 Å². The van der Waals surface area contributed by atoms with E-state index >= 15 is 0 Å². The largest absolute Gasteiger partial charge is 0.397 e. The molecule has 0 aromatic heterocycles. The standard InChI is InChI=1S/C20H25N3O2S/c1-22-20(25)15-8-7-9-16(14-15)26-13-6-2-3-12-19(24)23-18-11-5-4-10-17(18)21/h4-5,7-11,14H,2-3,6,12-13,21H2,1H3,(H,22,25)(H,23,24). The van der Waals surface area contributed by atoms with Gasteiger partial charge in [0.25, 0.3) is 5.91 Å². The molecule has 4 N–H and O–H groups in total. The summed E-state index contributed by atoms with van der Waals surface area (Å²) in [5, 5.41) is 5.47. The summed E-state index contributed by atoms with van der Waals surface area (Å²) in [5.74, 6) is 0.885. The maximum absolute atomic E-state index is 11.9. The molecular formula is C20H25N3O2S.